The summed E-state index contributed by atoms with van der Waals surface area (Å²) in [6.45, 7) is 1.90. The molecule has 1 fully saturated rings. The zero-order valence-corrected chi connectivity index (χ0v) is 13.1. The van der Waals surface area contributed by atoms with E-state index in [4.69, 9.17) is 0 Å². The van der Waals surface area contributed by atoms with Crippen LogP contribution in [0, 0.1) is 5.92 Å². The Kier molecular flexibility index (Phi) is 5.61. The molecule has 1 aromatic carbocycles. The van der Waals surface area contributed by atoms with E-state index in [1.807, 2.05) is 12.1 Å². The first-order valence-electron chi connectivity index (χ1n) is 7.55. The summed E-state index contributed by atoms with van der Waals surface area (Å²) in [6.07, 6.45) is 9.46. The van der Waals surface area contributed by atoms with Crippen LogP contribution in [0.5, 0.6) is 0 Å². The Hall–Kier alpha value is -0.870. The van der Waals surface area contributed by atoms with Crippen molar-refractivity contribution in [1.29, 1.82) is 0 Å². The van der Waals surface area contributed by atoms with E-state index in [-0.39, 0.29) is 0 Å². The van der Waals surface area contributed by atoms with Gasteiger partial charge in [0.05, 0.1) is 4.90 Å². The molecule has 0 spiro atoms. The summed E-state index contributed by atoms with van der Waals surface area (Å²) in [5, 5.41) is 3.51. The molecule has 112 valence electrons. The van der Waals surface area contributed by atoms with Crippen molar-refractivity contribution in [2.45, 2.75) is 50.0 Å². The summed E-state index contributed by atoms with van der Waals surface area (Å²) in [7, 11) is -3.08. The quantitative estimate of drug-likeness (QED) is 0.849. The molecule has 0 saturated heterocycles. The maximum atomic E-state index is 11.4. The highest BCUT2D eigenvalue weighted by Crippen LogP contribution is 2.22. The average molecular weight is 295 g/mol. The Labute approximate surface area is 122 Å². The Balaban J connectivity index is 1.79. The maximum Gasteiger partial charge on any atom is 0.175 e. The van der Waals surface area contributed by atoms with Crippen molar-refractivity contribution in [3.63, 3.8) is 0 Å². The van der Waals surface area contributed by atoms with Crippen molar-refractivity contribution in [3.8, 4) is 0 Å². The SMILES string of the molecule is CS(=O)(=O)c1ccc(CNCC2CCCCCC2)cc1. The highest BCUT2D eigenvalue weighted by molar-refractivity contribution is 7.90. The third kappa shape index (κ3) is 4.91. The van der Waals surface area contributed by atoms with E-state index in [0.717, 1.165) is 24.6 Å². The van der Waals surface area contributed by atoms with Gasteiger partial charge in [0.1, 0.15) is 0 Å². The molecule has 0 atom stereocenters. The first-order chi connectivity index (χ1) is 9.55. The van der Waals surface area contributed by atoms with Gasteiger partial charge in [-0.2, -0.15) is 0 Å². The molecule has 2 rings (SSSR count). The van der Waals surface area contributed by atoms with E-state index in [9.17, 15) is 8.42 Å². The second-order valence-corrected chi connectivity index (χ2v) is 7.92. The molecule has 0 heterocycles. The normalized spacial score (nSPS) is 17.9. The van der Waals surface area contributed by atoms with E-state index in [0.29, 0.717) is 4.90 Å². The molecule has 0 aliphatic heterocycles. The van der Waals surface area contributed by atoms with Gasteiger partial charge in [-0.15, -0.1) is 0 Å². The molecule has 3 nitrogen and oxygen atoms in total. The molecule has 4 heteroatoms. The lowest BCUT2D eigenvalue weighted by Gasteiger charge is -2.14. The molecule has 1 aromatic rings. The van der Waals surface area contributed by atoms with Crippen molar-refractivity contribution in [3.05, 3.63) is 29.8 Å². The predicted octanol–water partition coefficient (Wildman–Crippen LogP) is 3.15. The van der Waals surface area contributed by atoms with Gasteiger partial charge in [-0.1, -0.05) is 37.8 Å². The first-order valence-corrected chi connectivity index (χ1v) is 9.44. The summed E-state index contributed by atoms with van der Waals surface area (Å²) in [5.41, 5.74) is 1.14. The van der Waals surface area contributed by atoms with Crippen LogP contribution in [0.3, 0.4) is 0 Å². The minimum Gasteiger partial charge on any atom is -0.312 e. The summed E-state index contributed by atoms with van der Waals surface area (Å²) in [6, 6.07) is 7.18. The molecule has 1 aliphatic carbocycles. The topological polar surface area (TPSA) is 46.2 Å². The van der Waals surface area contributed by atoms with Crippen LogP contribution in [0.25, 0.3) is 0 Å². The number of hydrogen-bond donors (Lipinski definition) is 1. The van der Waals surface area contributed by atoms with E-state index in [1.165, 1.54) is 44.8 Å². The molecular weight excluding hydrogens is 270 g/mol. The summed E-state index contributed by atoms with van der Waals surface area (Å²) < 4.78 is 22.8. The van der Waals surface area contributed by atoms with Gasteiger partial charge in [-0.25, -0.2) is 8.42 Å². The number of nitrogens with one attached hydrogen (secondary N) is 1. The van der Waals surface area contributed by atoms with Crippen LogP contribution < -0.4 is 5.32 Å². The van der Waals surface area contributed by atoms with Gasteiger partial charge in [0.15, 0.2) is 9.84 Å². The molecule has 0 radical (unpaired) electrons. The van der Waals surface area contributed by atoms with Gasteiger partial charge in [0, 0.05) is 12.8 Å². The van der Waals surface area contributed by atoms with Crippen molar-refractivity contribution >= 4 is 9.84 Å². The summed E-state index contributed by atoms with van der Waals surface area (Å²) in [5.74, 6) is 0.813. The van der Waals surface area contributed by atoms with Crippen molar-refractivity contribution in [2.24, 2.45) is 5.92 Å². The van der Waals surface area contributed by atoms with E-state index >= 15 is 0 Å². The van der Waals surface area contributed by atoms with E-state index in [2.05, 4.69) is 5.32 Å². The second kappa shape index (κ2) is 7.23. The van der Waals surface area contributed by atoms with Gasteiger partial charge in [-0.05, 0) is 43.0 Å². The smallest absolute Gasteiger partial charge is 0.175 e. The van der Waals surface area contributed by atoms with Crippen LogP contribution in [-0.4, -0.2) is 21.2 Å². The van der Waals surface area contributed by atoms with Crippen LogP contribution in [0.1, 0.15) is 44.1 Å². The third-order valence-corrected chi connectivity index (χ3v) is 5.22. The predicted molar refractivity (Wildman–Crippen MR) is 82.5 cm³/mol. The minimum absolute atomic E-state index is 0.394. The van der Waals surface area contributed by atoms with Crippen LogP contribution >= 0.6 is 0 Å². The Morgan fingerprint density at radius 1 is 1.05 bits per heavy atom. The summed E-state index contributed by atoms with van der Waals surface area (Å²) >= 11 is 0. The highest BCUT2D eigenvalue weighted by Gasteiger charge is 2.11. The number of sulfone groups is 1. The molecule has 1 saturated carbocycles. The zero-order chi connectivity index (χ0) is 14.4. The van der Waals surface area contributed by atoms with Gasteiger partial charge in [0.2, 0.25) is 0 Å². The Morgan fingerprint density at radius 3 is 2.20 bits per heavy atom. The first kappa shape index (κ1) is 15.5. The number of hydrogen-bond acceptors (Lipinski definition) is 3. The standard InChI is InChI=1S/C16H25NO2S/c1-20(18,19)16-10-8-15(9-11-16)13-17-12-14-6-4-2-3-5-7-14/h8-11,14,17H,2-7,12-13H2,1H3. The lowest BCUT2D eigenvalue weighted by Crippen LogP contribution is -2.22. The molecule has 20 heavy (non-hydrogen) atoms. The van der Waals surface area contributed by atoms with Crippen molar-refractivity contribution in [2.75, 3.05) is 12.8 Å². The average Bonchev–Trinajstić information content (AvgIpc) is 2.67. The highest BCUT2D eigenvalue weighted by atomic mass is 32.2. The molecule has 0 bridgehead atoms. The van der Waals surface area contributed by atoms with Crippen LogP contribution in [0.4, 0.5) is 0 Å². The molecule has 0 unspecified atom stereocenters. The molecule has 1 N–H and O–H groups in total. The van der Waals surface area contributed by atoms with E-state index < -0.39 is 9.84 Å². The van der Waals surface area contributed by atoms with Crippen LogP contribution in [-0.2, 0) is 16.4 Å². The van der Waals surface area contributed by atoms with Gasteiger partial charge < -0.3 is 5.32 Å². The van der Waals surface area contributed by atoms with Crippen molar-refractivity contribution in [1.82, 2.24) is 5.32 Å². The fraction of sp³-hybridized carbons (Fsp3) is 0.625. The Bertz CT molecular complexity index is 500. The van der Waals surface area contributed by atoms with Gasteiger partial charge in [0.25, 0.3) is 0 Å². The maximum absolute atomic E-state index is 11.4. The number of benzene rings is 1. The minimum atomic E-state index is -3.08. The van der Waals surface area contributed by atoms with Gasteiger partial charge >= 0.3 is 0 Å². The largest absolute Gasteiger partial charge is 0.312 e. The lowest BCUT2D eigenvalue weighted by atomic mass is 10.0. The van der Waals surface area contributed by atoms with Crippen molar-refractivity contribution < 1.29 is 8.42 Å². The molecule has 0 amide bonds. The van der Waals surface area contributed by atoms with Crippen LogP contribution in [0.15, 0.2) is 29.2 Å². The summed E-state index contributed by atoms with van der Waals surface area (Å²) in [4.78, 5) is 0.394. The monoisotopic (exact) mass is 295 g/mol. The Morgan fingerprint density at radius 2 is 1.65 bits per heavy atom. The fourth-order valence-electron chi connectivity index (χ4n) is 2.84. The zero-order valence-electron chi connectivity index (χ0n) is 12.3. The number of rotatable bonds is 5. The fourth-order valence-corrected chi connectivity index (χ4v) is 3.47. The second-order valence-electron chi connectivity index (χ2n) is 5.90. The molecule has 0 aromatic heterocycles. The third-order valence-electron chi connectivity index (χ3n) is 4.09. The van der Waals surface area contributed by atoms with Crippen LogP contribution in [0.2, 0.25) is 0 Å². The van der Waals surface area contributed by atoms with Gasteiger partial charge in [-0.3, -0.25) is 0 Å². The molecule has 1 aliphatic rings. The van der Waals surface area contributed by atoms with E-state index in [1.54, 1.807) is 12.1 Å². The lowest BCUT2D eigenvalue weighted by molar-refractivity contribution is 0.425. The molecular formula is C16H25NO2S.